The molecule has 0 unspecified atom stereocenters. The average molecular weight is 301 g/mol. The highest BCUT2D eigenvalue weighted by Crippen LogP contribution is 2.12. The Labute approximate surface area is 118 Å². The molecule has 112 valence electrons. The van der Waals surface area contributed by atoms with Gasteiger partial charge in [0.1, 0.15) is 5.75 Å². The second-order valence-electron chi connectivity index (χ2n) is 4.18. The second kappa shape index (κ2) is 7.71. The van der Waals surface area contributed by atoms with E-state index in [0.717, 1.165) is 6.26 Å². The van der Waals surface area contributed by atoms with Gasteiger partial charge in [0, 0.05) is 18.8 Å². The van der Waals surface area contributed by atoms with Gasteiger partial charge in [-0.3, -0.25) is 4.79 Å². The molecule has 0 aliphatic rings. The summed E-state index contributed by atoms with van der Waals surface area (Å²) in [6.45, 7) is 0.659. The Balaban J connectivity index is 2.12. The molecule has 0 saturated heterocycles. The molecule has 0 aliphatic heterocycles. The van der Waals surface area contributed by atoms with Crippen LogP contribution in [0, 0.1) is 0 Å². The molecule has 0 aromatic heterocycles. The maximum absolute atomic E-state index is 11.4. The number of hydrogen-bond acceptors (Lipinski definition) is 5. The first-order chi connectivity index (χ1) is 9.37. The zero-order valence-corrected chi connectivity index (χ0v) is 12.1. The van der Waals surface area contributed by atoms with Gasteiger partial charge < -0.3 is 15.8 Å². The number of sulfonamides is 1. The van der Waals surface area contributed by atoms with Crippen LogP contribution in [0.25, 0.3) is 0 Å². The van der Waals surface area contributed by atoms with Crippen molar-refractivity contribution < 1.29 is 17.9 Å². The van der Waals surface area contributed by atoms with Crippen molar-refractivity contribution in [3.05, 3.63) is 24.3 Å². The van der Waals surface area contributed by atoms with Crippen LogP contribution in [0.5, 0.6) is 5.75 Å². The van der Waals surface area contributed by atoms with Crippen LogP contribution in [0.4, 0.5) is 5.69 Å². The zero-order valence-electron chi connectivity index (χ0n) is 11.3. The Morgan fingerprint density at radius 3 is 2.50 bits per heavy atom. The highest BCUT2D eigenvalue weighted by Gasteiger charge is 2.03. The minimum absolute atomic E-state index is 0.170. The Morgan fingerprint density at radius 2 is 1.90 bits per heavy atom. The van der Waals surface area contributed by atoms with E-state index in [2.05, 4.69) is 10.0 Å². The van der Waals surface area contributed by atoms with Gasteiger partial charge >= 0.3 is 0 Å². The fourth-order valence-electron chi connectivity index (χ4n) is 1.35. The third kappa shape index (κ3) is 7.59. The van der Waals surface area contributed by atoms with Crippen molar-refractivity contribution in [3.63, 3.8) is 0 Å². The maximum atomic E-state index is 11.4. The summed E-state index contributed by atoms with van der Waals surface area (Å²) in [6.07, 6.45) is 1.26. The summed E-state index contributed by atoms with van der Waals surface area (Å²) in [4.78, 5) is 11.4. The summed E-state index contributed by atoms with van der Waals surface area (Å²) in [7, 11) is -3.21. The van der Waals surface area contributed by atoms with Gasteiger partial charge in [0.25, 0.3) is 0 Å². The van der Waals surface area contributed by atoms with Crippen molar-refractivity contribution >= 4 is 21.6 Å². The lowest BCUT2D eigenvalue weighted by molar-refractivity contribution is -0.121. The third-order valence-corrected chi connectivity index (χ3v) is 3.02. The number of carbonyl (C=O) groups excluding carboxylic acids is 1. The Kier molecular flexibility index (Phi) is 6.26. The molecule has 0 bridgehead atoms. The van der Waals surface area contributed by atoms with Gasteiger partial charge in [-0.1, -0.05) is 0 Å². The van der Waals surface area contributed by atoms with E-state index >= 15 is 0 Å². The number of nitrogens with one attached hydrogen (secondary N) is 2. The maximum Gasteiger partial charge on any atom is 0.223 e. The minimum Gasteiger partial charge on any atom is -0.493 e. The molecule has 1 rings (SSSR count). The molecule has 0 saturated carbocycles. The number of nitrogens with two attached hydrogens (primary N) is 1. The first-order valence-electron chi connectivity index (χ1n) is 6.06. The lowest BCUT2D eigenvalue weighted by Gasteiger charge is -2.07. The van der Waals surface area contributed by atoms with E-state index in [0.29, 0.717) is 11.4 Å². The fraction of sp³-hybridized carbons (Fsp3) is 0.417. The van der Waals surface area contributed by atoms with E-state index in [-0.39, 0.29) is 32.0 Å². The van der Waals surface area contributed by atoms with Crippen LogP contribution in [0.15, 0.2) is 24.3 Å². The Bertz CT molecular complexity index is 528. The van der Waals surface area contributed by atoms with E-state index in [9.17, 15) is 13.2 Å². The van der Waals surface area contributed by atoms with E-state index in [1.165, 1.54) is 0 Å². The van der Waals surface area contributed by atoms with Gasteiger partial charge in [-0.25, -0.2) is 13.1 Å². The molecule has 0 spiro atoms. The summed E-state index contributed by atoms with van der Waals surface area (Å²) in [5, 5.41) is 2.58. The van der Waals surface area contributed by atoms with Crippen LogP contribution in [0.2, 0.25) is 0 Å². The molecule has 20 heavy (non-hydrogen) atoms. The lowest BCUT2D eigenvalue weighted by atomic mass is 10.3. The van der Waals surface area contributed by atoms with Crippen molar-refractivity contribution in [2.45, 2.75) is 6.42 Å². The monoisotopic (exact) mass is 301 g/mol. The molecule has 0 fully saturated rings. The predicted octanol–water partition coefficient (Wildman–Crippen LogP) is -0.297. The summed E-state index contributed by atoms with van der Waals surface area (Å²) < 4.78 is 29.2. The quantitative estimate of drug-likeness (QED) is 0.451. The van der Waals surface area contributed by atoms with Crippen LogP contribution in [-0.2, 0) is 14.8 Å². The summed E-state index contributed by atoms with van der Waals surface area (Å²) in [5.41, 5.74) is 6.18. The lowest BCUT2D eigenvalue weighted by Crippen LogP contribution is -2.34. The van der Waals surface area contributed by atoms with Crippen molar-refractivity contribution in [2.24, 2.45) is 0 Å². The molecule has 8 heteroatoms. The molecular formula is C12H19N3O4S. The highest BCUT2D eigenvalue weighted by molar-refractivity contribution is 7.88. The van der Waals surface area contributed by atoms with Gasteiger partial charge in [0.2, 0.25) is 15.9 Å². The number of anilines is 1. The third-order valence-electron chi connectivity index (χ3n) is 2.29. The van der Waals surface area contributed by atoms with Crippen LogP contribution < -0.4 is 20.5 Å². The van der Waals surface area contributed by atoms with Crippen LogP contribution in [0.3, 0.4) is 0 Å². The SMILES string of the molecule is CS(=O)(=O)NCCNC(=O)CCOc1ccc(N)cc1. The molecule has 0 radical (unpaired) electrons. The van der Waals surface area contributed by atoms with Crippen LogP contribution >= 0.6 is 0 Å². The zero-order chi connectivity index (χ0) is 15.0. The van der Waals surface area contributed by atoms with Crippen LogP contribution in [-0.4, -0.2) is 40.3 Å². The molecule has 1 aromatic carbocycles. The molecular weight excluding hydrogens is 282 g/mol. The molecule has 7 nitrogen and oxygen atoms in total. The van der Waals surface area contributed by atoms with Crippen molar-refractivity contribution in [2.75, 3.05) is 31.7 Å². The number of ether oxygens (including phenoxy) is 1. The molecule has 1 aromatic rings. The van der Waals surface area contributed by atoms with Gasteiger partial charge in [-0.2, -0.15) is 0 Å². The minimum atomic E-state index is -3.21. The van der Waals surface area contributed by atoms with E-state index < -0.39 is 10.0 Å². The smallest absolute Gasteiger partial charge is 0.223 e. The van der Waals surface area contributed by atoms with Gasteiger partial charge in [0.05, 0.1) is 19.3 Å². The van der Waals surface area contributed by atoms with E-state index in [1.807, 2.05) is 0 Å². The van der Waals surface area contributed by atoms with Crippen molar-refractivity contribution in [1.82, 2.24) is 10.0 Å². The van der Waals surface area contributed by atoms with Crippen LogP contribution in [0.1, 0.15) is 6.42 Å². The van der Waals surface area contributed by atoms with Crippen molar-refractivity contribution in [1.29, 1.82) is 0 Å². The molecule has 4 N–H and O–H groups in total. The predicted molar refractivity (Wildman–Crippen MR) is 76.8 cm³/mol. The number of rotatable bonds is 8. The highest BCUT2D eigenvalue weighted by atomic mass is 32.2. The normalized spacial score (nSPS) is 11.1. The first-order valence-corrected chi connectivity index (χ1v) is 7.95. The average Bonchev–Trinajstić information content (AvgIpc) is 2.36. The number of benzene rings is 1. The topological polar surface area (TPSA) is 111 Å². The van der Waals surface area contributed by atoms with E-state index in [1.54, 1.807) is 24.3 Å². The largest absolute Gasteiger partial charge is 0.493 e. The standard InChI is InChI=1S/C12H19N3O4S/c1-20(17,18)15-8-7-14-12(16)6-9-19-11-4-2-10(13)3-5-11/h2-5,15H,6-9,13H2,1H3,(H,14,16). The summed E-state index contributed by atoms with van der Waals surface area (Å²) in [6, 6.07) is 6.88. The number of nitrogen functional groups attached to an aromatic ring is 1. The molecule has 0 heterocycles. The van der Waals surface area contributed by atoms with Gasteiger partial charge in [-0.15, -0.1) is 0 Å². The first kappa shape index (κ1) is 16.3. The van der Waals surface area contributed by atoms with Gasteiger partial charge in [0.15, 0.2) is 0 Å². The summed E-state index contributed by atoms with van der Waals surface area (Å²) in [5.74, 6) is 0.446. The number of amides is 1. The Hall–Kier alpha value is -1.80. The molecule has 1 amide bonds. The number of carbonyl (C=O) groups is 1. The van der Waals surface area contributed by atoms with Gasteiger partial charge in [-0.05, 0) is 24.3 Å². The summed E-state index contributed by atoms with van der Waals surface area (Å²) >= 11 is 0. The molecule has 0 aliphatic carbocycles. The fourth-order valence-corrected chi connectivity index (χ4v) is 1.83. The van der Waals surface area contributed by atoms with E-state index in [4.69, 9.17) is 10.5 Å². The van der Waals surface area contributed by atoms with Crippen molar-refractivity contribution in [3.8, 4) is 5.75 Å². The Morgan fingerprint density at radius 1 is 1.25 bits per heavy atom. The molecule has 0 atom stereocenters. The second-order valence-corrected chi connectivity index (χ2v) is 6.02. The number of hydrogen-bond donors (Lipinski definition) is 3.